The topological polar surface area (TPSA) is 117 Å². The number of nitrogens with zero attached hydrogens (tertiary/aromatic N) is 1. The van der Waals surface area contributed by atoms with Crippen molar-refractivity contribution in [3.05, 3.63) is 24.3 Å². The van der Waals surface area contributed by atoms with Gasteiger partial charge in [0, 0.05) is 43.9 Å². The summed E-state index contributed by atoms with van der Waals surface area (Å²) >= 11 is 0. The van der Waals surface area contributed by atoms with Crippen LogP contribution in [0.25, 0.3) is 0 Å². The molecular formula is C20H27N3O6. The molecule has 1 atom stereocenters. The van der Waals surface area contributed by atoms with Gasteiger partial charge in [0.2, 0.25) is 5.91 Å². The summed E-state index contributed by atoms with van der Waals surface area (Å²) in [6.45, 7) is 1.55. The van der Waals surface area contributed by atoms with Gasteiger partial charge in [0.25, 0.3) is 0 Å². The average molecular weight is 405 g/mol. The van der Waals surface area contributed by atoms with Gasteiger partial charge in [-0.15, -0.1) is 0 Å². The minimum atomic E-state index is -0.802. The highest BCUT2D eigenvalue weighted by Gasteiger charge is 2.36. The molecule has 2 fully saturated rings. The van der Waals surface area contributed by atoms with E-state index in [0.717, 1.165) is 12.8 Å². The monoisotopic (exact) mass is 405 g/mol. The summed E-state index contributed by atoms with van der Waals surface area (Å²) in [5.41, 5.74) is 0.413. The number of anilines is 2. The van der Waals surface area contributed by atoms with E-state index in [-0.39, 0.29) is 25.7 Å². The molecule has 1 unspecified atom stereocenters. The van der Waals surface area contributed by atoms with Gasteiger partial charge in [0.05, 0.1) is 19.8 Å². The number of piperidine rings is 1. The normalized spacial score (nSPS) is 21.8. The zero-order chi connectivity index (χ0) is 20.7. The molecule has 0 radical (unpaired) electrons. The number of hydrogen-bond acceptors (Lipinski definition) is 6. The Bertz CT molecular complexity index is 747. The Balaban J connectivity index is 1.56. The second-order valence-corrected chi connectivity index (χ2v) is 7.25. The van der Waals surface area contributed by atoms with Gasteiger partial charge in [-0.25, -0.2) is 0 Å². The first kappa shape index (κ1) is 21.2. The maximum absolute atomic E-state index is 12.3. The molecule has 2 aliphatic heterocycles. The number of benzene rings is 1. The number of nitrogens with one attached hydrogen (secondary N) is 2. The molecule has 1 aromatic rings. The van der Waals surface area contributed by atoms with Gasteiger partial charge >= 0.3 is 11.8 Å². The van der Waals surface area contributed by atoms with E-state index in [2.05, 4.69) is 10.6 Å². The summed E-state index contributed by atoms with van der Waals surface area (Å²) in [5, 5.41) is 14.1. The molecule has 2 aliphatic rings. The van der Waals surface area contributed by atoms with E-state index in [1.165, 1.54) is 0 Å². The summed E-state index contributed by atoms with van der Waals surface area (Å²) < 4.78 is 11.0. The van der Waals surface area contributed by atoms with Crippen molar-refractivity contribution in [1.82, 2.24) is 5.32 Å². The van der Waals surface area contributed by atoms with E-state index in [9.17, 15) is 14.4 Å². The zero-order valence-electron chi connectivity index (χ0n) is 16.3. The van der Waals surface area contributed by atoms with E-state index in [1.807, 2.05) is 0 Å². The summed E-state index contributed by atoms with van der Waals surface area (Å²) in [5.74, 6) is -1.53. The molecule has 29 heavy (non-hydrogen) atoms. The van der Waals surface area contributed by atoms with E-state index in [0.29, 0.717) is 44.0 Å². The highest BCUT2D eigenvalue weighted by molar-refractivity contribution is 6.39. The molecule has 0 spiro atoms. The molecule has 0 aliphatic carbocycles. The molecule has 9 heteroatoms. The summed E-state index contributed by atoms with van der Waals surface area (Å²) in [6.07, 6.45) is 2.92. The van der Waals surface area contributed by atoms with Crippen LogP contribution < -0.4 is 15.5 Å². The van der Waals surface area contributed by atoms with Crippen molar-refractivity contribution in [2.75, 3.05) is 49.7 Å². The molecular weight excluding hydrogens is 378 g/mol. The quantitative estimate of drug-likeness (QED) is 0.566. The molecule has 3 amide bonds. The number of ether oxygens (including phenoxy) is 2. The van der Waals surface area contributed by atoms with Gasteiger partial charge in [-0.1, -0.05) is 6.07 Å². The maximum Gasteiger partial charge on any atom is 0.313 e. The second kappa shape index (κ2) is 9.82. The van der Waals surface area contributed by atoms with Crippen molar-refractivity contribution in [1.29, 1.82) is 0 Å². The fraction of sp³-hybridized carbons (Fsp3) is 0.550. The molecule has 0 saturated carbocycles. The van der Waals surface area contributed by atoms with E-state index >= 15 is 0 Å². The van der Waals surface area contributed by atoms with Crippen LogP contribution in [0.4, 0.5) is 11.4 Å². The number of hydrogen-bond donors (Lipinski definition) is 3. The Morgan fingerprint density at radius 3 is 2.86 bits per heavy atom. The first-order valence-corrected chi connectivity index (χ1v) is 9.85. The third kappa shape index (κ3) is 5.53. The largest absolute Gasteiger partial charge is 0.394 e. The predicted molar refractivity (Wildman–Crippen MR) is 105 cm³/mol. The van der Waals surface area contributed by atoms with Crippen LogP contribution in [0.2, 0.25) is 0 Å². The zero-order valence-corrected chi connectivity index (χ0v) is 16.3. The van der Waals surface area contributed by atoms with Gasteiger partial charge in [-0.2, -0.15) is 0 Å². The van der Waals surface area contributed by atoms with Crippen LogP contribution in [0, 0.1) is 0 Å². The van der Waals surface area contributed by atoms with Gasteiger partial charge in [-0.3, -0.25) is 14.4 Å². The van der Waals surface area contributed by atoms with Gasteiger partial charge in [-0.05, 0) is 31.0 Å². The summed E-state index contributed by atoms with van der Waals surface area (Å²) in [6, 6.07) is 6.89. The number of aliphatic hydroxyl groups excluding tert-OH is 1. The smallest absolute Gasteiger partial charge is 0.313 e. The fourth-order valence-corrected chi connectivity index (χ4v) is 3.49. The molecule has 0 bridgehead atoms. The van der Waals surface area contributed by atoms with Crippen LogP contribution in [0.5, 0.6) is 0 Å². The SMILES string of the molecule is O=C(NCC1(OCCO)CCOC1)C(=O)Nc1cccc(N2CCCCC2=O)c1. The predicted octanol–water partition coefficient (Wildman–Crippen LogP) is 0.426. The van der Waals surface area contributed by atoms with Crippen LogP contribution in [-0.2, 0) is 23.9 Å². The standard InChI is InChI=1S/C20H27N3O6/c24-9-11-29-20(7-10-28-14-20)13-21-18(26)19(27)22-15-4-3-5-16(12-15)23-8-2-1-6-17(23)25/h3-5,12,24H,1-2,6-11,13-14H2,(H,21,26)(H,22,27). The van der Waals surface area contributed by atoms with Crippen molar-refractivity contribution >= 4 is 29.1 Å². The number of amides is 3. The molecule has 0 aromatic heterocycles. The second-order valence-electron chi connectivity index (χ2n) is 7.25. The van der Waals surface area contributed by atoms with Gasteiger partial charge in [0.15, 0.2) is 0 Å². The fourth-order valence-electron chi connectivity index (χ4n) is 3.49. The maximum atomic E-state index is 12.3. The highest BCUT2D eigenvalue weighted by atomic mass is 16.6. The Hall–Kier alpha value is -2.49. The van der Waals surface area contributed by atoms with Crippen LogP contribution >= 0.6 is 0 Å². The lowest BCUT2D eigenvalue weighted by atomic mass is 10.0. The Kier molecular flexibility index (Phi) is 7.18. The number of rotatable bonds is 7. The number of carbonyl (C=O) groups excluding carboxylic acids is 3. The van der Waals surface area contributed by atoms with Gasteiger partial charge < -0.3 is 30.1 Å². The average Bonchev–Trinajstić information content (AvgIpc) is 3.20. The minimum absolute atomic E-state index is 0.0597. The molecule has 2 heterocycles. The van der Waals surface area contributed by atoms with Crippen LogP contribution in [-0.4, -0.2) is 67.9 Å². The lowest BCUT2D eigenvalue weighted by molar-refractivity contribution is -0.137. The van der Waals surface area contributed by atoms with Crippen molar-refractivity contribution in [2.45, 2.75) is 31.3 Å². The summed E-state index contributed by atoms with van der Waals surface area (Å²) in [7, 11) is 0. The Labute approximate surface area is 169 Å². The minimum Gasteiger partial charge on any atom is -0.394 e. The lowest BCUT2D eigenvalue weighted by Crippen LogP contribution is -2.48. The van der Waals surface area contributed by atoms with Crippen LogP contribution in [0.15, 0.2) is 24.3 Å². The Morgan fingerprint density at radius 2 is 2.14 bits per heavy atom. The van der Waals surface area contributed by atoms with E-state index < -0.39 is 17.4 Å². The lowest BCUT2D eigenvalue weighted by Gasteiger charge is -2.27. The number of aliphatic hydroxyl groups is 1. The molecule has 1 aromatic carbocycles. The molecule has 3 rings (SSSR count). The molecule has 9 nitrogen and oxygen atoms in total. The number of carbonyl (C=O) groups is 3. The third-order valence-electron chi connectivity index (χ3n) is 5.08. The van der Waals surface area contributed by atoms with Crippen molar-refractivity contribution in [2.24, 2.45) is 0 Å². The van der Waals surface area contributed by atoms with Gasteiger partial charge in [0.1, 0.15) is 5.60 Å². The Morgan fingerprint density at radius 1 is 1.28 bits per heavy atom. The molecule has 2 saturated heterocycles. The molecule has 3 N–H and O–H groups in total. The van der Waals surface area contributed by atoms with Crippen LogP contribution in [0.3, 0.4) is 0 Å². The van der Waals surface area contributed by atoms with Crippen molar-refractivity contribution in [3.63, 3.8) is 0 Å². The van der Waals surface area contributed by atoms with Crippen molar-refractivity contribution in [3.8, 4) is 0 Å². The van der Waals surface area contributed by atoms with Crippen molar-refractivity contribution < 1.29 is 29.0 Å². The molecule has 158 valence electrons. The third-order valence-corrected chi connectivity index (χ3v) is 5.08. The van der Waals surface area contributed by atoms with Crippen LogP contribution in [0.1, 0.15) is 25.7 Å². The first-order chi connectivity index (χ1) is 14.0. The van der Waals surface area contributed by atoms with E-state index in [4.69, 9.17) is 14.6 Å². The highest BCUT2D eigenvalue weighted by Crippen LogP contribution is 2.24. The van der Waals surface area contributed by atoms with E-state index in [1.54, 1.807) is 29.2 Å². The summed E-state index contributed by atoms with van der Waals surface area (Å²) in [4.78, 5) is 38.3. The first-order valence-electron chi connectivity index (χ1n) is 9.85.